The fraction of sp³-hybridized carbons (Fsp3) is 0.562. The van der Waals surface area contributed by atoms with Gasteiger partial charge in [-0.25, -0.2) is 0 Å². The molecule has 0 aromatic heterocycles. The molecule has 0 saturated carbocycles. The van der Waals surface area contributed by atoms with Crippen LogP contribution in [-0.4, -0.2) is 36.0 Å². The highest BCUT2D eigenvalue weighted by molar-refractivity contribution is 5.73. The minimum Gasteiger partial charge on any atom is -0.351 e. The molecule has 2 rings (SSSR count). The number of amides is 1. The minimum absolute atomic E-state index is 0.00488. The van der Waals surface area contributed by atoms with Crippen molar-refractivity contribution in [3.63, 3.8) is 0 Å². The summed E-state index contributed by atoms with van der Waals surface area (Å²) in [6.45, 7) is 7.02. The van der Waals surface area contributed by atoms with E-state index in [1.807, 2.05) is 0 Å². The van der Waals surface area contributed by atoms with Gasteiger partial charge in [0.2, 0.25) is 5.91 Å². The number of piperidine rings is 1. The molecule has 1 amide bonds. The van der Waals surface area contributed by atoms with E-state index in [9.17, 15) is 4.79 Å². The molecule has 0 aliphatic carbocycles. The Labute approximate surface area is 116 Å². The quantitative estimate of drug-likeness (QED) is 0.900. The molecule has 104 valence electrons. The maximum Gasteiger partial charge on any atom is 0.217 e. The first-order chi connectivity index (χ1) is 9.07. The van der Waals surface area contributed by atoms with Crippen LogP contribution in [0.1, 0.15) is 32.3 Å². The molecule has 0 unspecified atom stereocenters. The molecule has 1 aliphatic heterocycles. The van der Waals surface area contributed by atoms with E-state index in [1.54, 1.807) is 6.92 Å². The van der Waals surface area contributed by atoms with Crippen molar-refractivity contribution < 1.29 is 4.79 Å². The lowest BCUT2D eigenvalue weighted by molar-refractivity contribution is -0.121. The van der Waals surface area contributed by atoms with Crippen molar-refractivity contribution in [2.75, 3.05) is 19.6 Å². The van der Waals surface area contributed by atoms with Gasteiger partial charge in [0.25, 0.3) is 0 Å². The predicted molar refractivity (Wildman–Crippen MR) is 78.0 cm³/mol. The number of rotatable bonds is 4. The van der Waals surface area contributed by atoms with Gasteiger partial charge in [0.1, 0.15) is 0 Å². The highest BCUT2D eigenvalue weighted by atomic mass is 16.1. The Kier molecular flexibility index (Phi) is 4.59. The van der Waals surface area contributed by atoms with Gasteiger partial charge >= 0.3 is 0 Å². The van der Waals surface area contributed by atoms with Crippen LogP contribution in [0, 0.1) is 0 Å². The molecule has 3 nitrogen and oxygen atoms in total. The molecular weight excluding hydrogens is 236 g/mol. The second-order valence-electron chi connectivity index (χ2n) is 5.82. The second-order valence-corrected chi connectivity index (χ2v) is 5.82. The maximum atomic E-state index is 11.2. The summed E-state index contributed by atoms with van der Waals surface area (Å²) >= 11 is 0. The zero-order chi connectivity index (χ0) is 13.7. The van der Waals surface area contributed by atoms with Gasteiger partial charge in [0.15, 0.2) is 0 Å². The summed E-state index contributed by atoms with van der Waals surface area (Å²) in [6, 6.07) is 10.6. The Morgan fingerprint density at radius 2 is 1.89 bits per heavy atom. The van der Waals surface area contributed by atoms with Crippen LogP contribution in [0.3, 0.4) is 0 Å². The Bertz CT molecular complexity index is 408. The average molecular weight is 260 g/mol. The van der Waals surface area contributed by atoms with Crippen LogP contribution in [0.4, 0.5) is 0 Å². The molecule has 0 radical (unpaired) electrons. The number of nitrogens with one attached hydrogen (secondary N) is 1. The van der Waals surface area contributed by atoms with Crippen LogP contribution in [0.15, 0.2) is 30.3 Å². The Hall–Kier alpha value is -1.35. The van der Waals surface area contributed by atoms with Gasteiger partial charge in [0, 0.05) is 32.1 Å². The molecule has 1 aromatic rings. The lowest BCUT2D eigenvalue weighted by atomic mass is 9.89. The van der Waals surface area contributed by atoms with Crippen molar-refractivity contribution in [1.29, 1.82) is 0 Å². The molecule has 1 aromatic carbocycles. The van der Waals surface area contributed by atoms with Gasteiger partial charge in [-0.2, -0.15) is 0 Å². The Balaban J connectivity index is 1.76. The number of carbonyl (C=O) groups is 1. The van der Waals surface area contributed by atoms with E-state index in [0.29, 0.717) is 0 Å². The van der Waals surface area contributed by atoms with E-state index >= 15 is 0 Å². The first-order valence-corrected chi connectivity index (χ1v) is 7.12. The fourth-order valence-corrected chi connectivity index (χ4v) is 2.75. The van der Waals surface area contributed by atoms with Crippen molar-refractivity contribution in [2.24, 2.45) is 0 Å². The summed E-state index contributed by atoms with van der Waals surface area (Å²) in [5.74, 6) is 0.0836. The summed E-state index contributed by atoms with van der Waals surface area (Å²) in [7, 11) is 0. The smallest absolute Gasteiger partial charge is 0.217 e. The molecule has 0 bridgehead atoms. The van der Waals surface area contributed by atoms with E-state index in [2.05, 4.69) is 47.5 Å². The van der Waals surface area contributed by atoms with Gasteiger partial charge in [-0.05, 0) is 31.7 Å². The fourth-order valence-electron chi connectivity index (χ4n) is 2.75. The normalized spacial score (nSPS) is 19.1. The standard InChI is InChI=1S/C16H24N2O/c1-14(19)17-16(2)9-12-18(13-10-16)11-8-15-6-4-3-5-7-15/h3-7H,8-13H2,1-2H3,(H,17,19). The van der Waals surface area contributed by atoms with Crippen LogP contribution >= 0.6 is 0 Å². The summed E-state index contributed by atoms with van der Waals surface area (Å²) in [5.41, 5.74) is 1.40. The van der Waals surface area contributed by atoms with Crippen molar-refractivity contribution in [3.8, 4) is 0 Å². The van der Waals surface area contributed by atoms with Crippen LogP contribution in [0.2, 0.25) is 0 Å². The van der Waals surface area contributed by atoms with Crippen molar-refractivity contribution in [1.82, 2.24) is 10.2 Å². The monoisotopic (exact) mass is 260 g/mol. The van der Waals surface area contributed by atoms with E-state index in [0.717, 1.165) is 38.9 Å². The molecule has 1 aliphatic rings. The zero-order valence-electron chi connectivity index (χ0n) is 12.0. The third kappa shape index (κ3) is 4.35. The van der Waals surface area contributed by atoms with Gasteiger partial charge in [-0.3, -0.25) is 4.79 Å². The topological polar surface area (TPSA) is 32.3 Å². The summed E-state index contributed by atoms with van der Waals surface area (Å²) < 4.78 is 0. The zero-order valence-corrected chi connectivity index (χ0v) is 12.0. The third-order valence-electron chi connectivity index (χ3n) is 4.00. The van der Waals surface area contributed by atoms with Crippen LogP contribution < -0.4 is 5.32 Å². The molecule has 1 N–H and O–H groups in total. The third-order valence-corrected chi connectivity index (χ3v) is 4.00. The molecule has 0 atom stereocenters. The molecule has 19 heavy (non-hydrogen) atoms. The Morgan fingerprint density at radius 3 is 2.47 bits per heavy atom. The van der Waals surface area contributed by atoms with E-state index < -0.39 is 0 Å². The van der Waals surface area contributed by atoms with Crippen LogP contribution in [-0.2, 0) is 11.2 Å². The SMILES string of the molecule is CC(=O)NC1(C)CCN(CCc2ccccc2)CC1. The van der Waals surface area contributed by atoms with E-state index in [-0.39, 0.29) is 11.4 Å². The van der Waals surface area contributed by atoms with E-state index in [1.165, 1.54) is 5.56 Å². The number of carbonyl (C=O) groups excluding carboxylic acids is 1. The highest BCUT2D eigenvalue weighted by Gasteiger charge is 2.30. The first kappa shape index (κ1) is 14.1. The van der Waals surface area contributed by atoms with Crippen molar-refractivity contribution in [2.45, 2.75) is 38.6 Å². The summed E-state index contributed by atoms with van der Waals surface area (Å²) in [4.78, 5) is 13.7. The molecule has 1 heterocycles. The van der Waals surface area contributed by atoms with Crippen molar-refractivity contribution in [3.05, 3.63) is 35.9 Å². The van der Waals surface area contributed by atoms with Crippen LogP contribution in [0.25, 0.3) is 0 Å². The molecule has 1 saturated heterocycles. The summed E-state index contributed by atoms with van der Waals surface area (Å²) in [6.07, 6.45) is 3.19. The number of benzene rings is 1. The average Bonchev–Trinajstić information content (AvgIpc) is 2.38. The van der Waals surface area contributed by atoms with E-state index in [4.69, 9.17) is 0 Å². The van der Waals surface area contributed by atoms with Gasteiger partial charge in [-0.15, -0.1) is 0 Å². The van der Waals surface area contributed by atoms with Crippen LogP contribution in [0.5, 0.6) is 0 Å². The van der Waals surface area contributed by atoms with Crippen molar-refractivity contribution >= 4 is 5.91 Å². The highest BCUT2D eigenvalue weighted by Crippen LogP contribution is 2.21. The predicted octanol–water partition coefficient (Wildman–Crippen LogP) is 2.22. The molecule has 1 fully saturated rings. The lowest BCUT2D eigenvalue weighted by Crippen LogP contribution is -2.53. The number of hydrogen-bond acceptors (Lipinski definition) is 2. The molecule has 0 spiro atoms. The van der Waals surface area contributed by atoms with Gasteiger partial charge in [-0.1, -0.05) is 30.3 Å². The minimum atomic E-state index is -0.00488. The first-order valence-electron chi connectivity index (χ1n) is 7.12. The molecular formula is C16H24N2O. The van der Waals surface area contributed by atoms with Gasteiger partial charge < -0.3 is 10.2 Å². The number of nitrogens with zero attached hydrogens (tertiary/aromatic N) is 1. The molecule has 3 heteroatoms. The summed E-state index contributed by atoms with van der Waals surface area (Å²) in [5, 5.41) is 3.09. The lowest BCUT2D eigenvalue weighted by Gasteiger charge is -2.39. The maximum absolute atomic E-state index is 11.2. The number of hydrogen-bond donors (Lipinski definition) is 1. The number of likely N-dealkylation sites (tertiary alicyclic amines) is 1. The Morgan fingerprint density at radius 1 is 1.26 bits per heavy atom. The largest absolute Gasteiger partial charge is 0.351 e. The second kappa shape index (κ2) is 6.20. The van der Waals surface area contributed by atoms with Gasteiger partial charge in [0.05, 0.1) is 0 Å².